The molecule has 0 radical (unpaired) electrons. The van der Waals surface area contributed by atoms with Crippen molar-refractivity contribution < 1.29 is 0 Å². The molecule has 27 heavy (non-hydrogen) atoms. The largest absolute Gasteiger partial charge is 0.299 e. The maximum Gasteiger partial charge on any atom is 0.163 e. The molecule has 0 aliphatic carbocycles. The zero-order valence-corrected chi connectivity index (χ0v) is 15.6. The van der Waals surface area contributed by atoms with E-state index in [0.29, 0.717) is 6.42 Å². The number of hydrogen-bond acceptors (Lipinski definition) is 5. The lowest BCUT2D eigenvalue weighted by Crippen LogP contribution is -2.02. The lowest BCUT2D eigenvalue weighted by Gasteiger charge is -2.10. The van der Waals surface area contributed by atoms with Crippen molar-refractivity contribution in [3.63, 3.8) is 0 Å². The number of H-pyrrole nitrogens is 1. The number of nitrogens with one attached hydrogen (secondary N) is 1. The predicted octanol–water partition coefficient (Wildman–Crippen LogP) is 3.47. The Morgan fingerprint density at radius 1 is 1.00 bits per heavy atom. The first kappa shape index (κ1) is 17.1. The minimum absolute atomic E-state index is 0.270. The molecule has 0 unspecified atom stereocenters. The van der Waals surface area contributed by atoms with E-state index in [1.54, 1.807) is 12.4 Å². The van der Waals surface area contributed by atoms with Gasteiger partial charge in [-0.3, -0.25) is 9.67 Å². The zero-order chi connectivity index (χ0) is 18.8. The normalized spacial score (nSPS) is 11.3. The molecule has 0 spiro atoms. The van der Waals surface area contributed by atoms with Crippen molar-refractivity contribution in [2.45, 2.75) is 33.1 Å². The van der Waals surface area contributed by atoms with Crippen LogP contribution >= 0.6 is 0 Å². The van der Waals surface area contributed by atoms with E-state index in [2.05, 4.69) is 68.2 Å². The van der Waals surface area contributed by atoms with Gasteiger partial charge in [-0.2, -0.15) is 5.10 Å². The Balaban J connectivity index is 1.61. The summed E-state index contributed by atoms with van der Waals surface area (Å²) in [7, 11) is 0. The van der Waals surface area contributed by atoms with Crippen molar-refractivity contribution >= 4 is 0 Å². The van der Waals surface area contributed by atoms with Crippen LogP contribution < -0.4 is 0 Å². The summed E-state index contributed by atoms with van der Waals surface area (Å²) in [5.41, 5.74) is 3.00. The van der Waals surface area contributed by atoms with Gasteiger partial charge in [0.15, 0.2) is 11.6 Å². The van der Waals surface area contributed by atoms with E-state index in [1.807, 2.05) is 23.8 Å². The first-order chi connectivity index (χ1) is 13.1. The van der Waals surface area contributed by atoms with Gasteiger partial charge in [0.1, 0.15) is 17.3 Å². The molecule has 4 aromatic rings. The van der Waals surface area contributed by atoms with Crippen LogP contribution in [-0.4, -0.2) is 34.7 Å². The second-order valence-corrected chi connectivity index (χ2v) is 6.76. The number of imidazole rings is 1. The SMILES string of the molecule is Cc1nc(Cc2ccc(-n3ccnc3-c3ccnc(C(C)C)n3)cc2)n[nH]1. The highest BCUT2D eigenvalue weighted by molar-refractivity contribution is 5.54. The molecule has 0 fully saturated rings. The van der Waals surface area contributed by atoms with Gasteiger partial charge in [0.05, 0.1) is 0 Å². The van der Waals surface area contributed by atoms with Crippen molar-refractivity contribution in [1.82, 2.24) is 34.7 Å². The number of nitrogens with zero attached hydrogens (tertiary/aromatic N) is 6. The summed E-state index contributed by atoms with van der Waals surface area (Å²) in [5.74, 6) is 3.52. The number of rotatable bonds is 5. The predicted molar refractivity (Wildman–Crippen MR) is 103 cm³/mol. The van der Waals surface area contributed by atoms with E-state index >= 15 is 0 Å². The van der Waals surface area contributed by atoms with Gasteiger partial charge in [0.2, 0.25) is 0 Å². The van der Waals surface area contributed by atoms with Crippen LogP contribution in [0.3, 0.4) is 0 Å². The van der Waals surface area contributed by atoms with Crippen LogP contribution in [0.15, 0.2) is 48.9 Å². The molecule has 0 atom stereocenters. The molecule has 7 nitrogen and oxygen atoms in total. The van der Waals surface area contributed by atoms with Crippen molar-refractivity contribution in [3.8, 4) is 17.2 Å². The van der Waals surface area contributed by atoms with Crippen molar-refractivity contribution in [2.24, 2.45) is 0 Å². The molecule has 0 aliphatic rings. The fourth-order valence-electron chi connectivity index (χ4n) is 2.90. The highest BCUT2D eigenvalue weighted by Gasteiger charge is 2.12. The second kappa shape index (κ2) is 7.11. The average molecular weight is 359 g/mol. The maximum absolute atomic E-state index is 4.66. The smallest absolute Gasteiger partial charge is 0.163 e. The monoisotopic (exact) mass is 359 g/mol. The Morgan fingerprint density at radius 2 is 1.81 bits per heavy atom. The Labute approximate surface area is 157 Å². The molecule has 0 aliphatic heterocycles. The third kappa shape index (κ3) is 3.62. The Bertz CT molecular complexity index is 1040. The number of hydrogen-bond donors (Lipinski definition) is 1. The average Bonchev–Trinajstić information content (AvgIpc) is 3.32. The van der Waals surface area contributed by atoms with Crippen molar-refractivity contribution in [1.29, 1.82) is 0 Å². The Morgan fingerprint density at radius 3 is 2.52 bits per heavy atom. The van der Waals surface area contributed by atoms with E-state index in [0.717, 1.165) is 40.2 Å². The van der Waals surface area contributed by atoms with Gasteiger partial charge < -0.3 is 0 Å². The van der Waals surface area contributed by atoms with Gasteiger partial charge in [-0.05, 0) is 30.7 Å². The van der Waals surface area contributed by atoms with Gasteiger partial charge >= 0.3 is 0 Å². The van der Waals surface area contributed by atoms with Gasteiger partial charge in [-0.25, -0.2) is 19.9 Å². The second-order valence-electron chi connectivity index (χ2n) is 6.76. The van der Waals surface area contributed by atoms with Crippen molar-refractivity contribution in [2.75, 3.05) is 0 Å². The summed E-state index contributed by atoms with van der Waals surface area (Å²) in [6, 6.07) is 10.2. The molecule has 136 valence electrons. The van der Waals surface area contributed by atoms with Crippen LogP contribution in [-0.2, 0) is 6.42 Å². The van der Waals surface area contributed by atoms with E-state index < -0.39 is 0 Å². The molecule has 4 rings (SSSR count). The summed E-state index contributed by atoms with van der Waals surface area (Å²) in [4.78, 5) is 17.9. The summed E-state index contributed by atoms with van der Waals surface area (Å²) >= 11 is 0. The third-order valence-corrected chi connectivity index (χ3v) is 4.28. The molecule has 0 bridgehead atoms. The van der Waals surface area contributed by atoms with Gasteiger partial charge in [-0.1, -0.05) is 26.0 Å². The molecule has 0 saturated carbocycles. The minimum Gasteiger partial charge on any atom is -0.299 e. The molecular formula is C20H21N7. The van der Waals surface area contributed by atoms with Crippen LogP contribution in [0.2, 0.25) is 0 Å². The van der Waals surface area contributed by atoms with Gasteiger partial charge in [-0.15, -0.1) is 0 Å². The van der Waals surface area contributed by atoms with Crippen LogP contribution in [0, 0.1) is 6.92 Å². The quantitative estimate of drug-likeness (QED) is 0.590. The number of aromatic amines is 1. The fraction of sp³-hybridized carbons (Fsp3) is 0.250. The van der Waals surface area contributed by atoms with Gasteiger partial charge in [0, 0.05) is 36.6 Å². The van der Waals surface area contributed by atoms with Gasteiger partial charge in [0.25, 0.3) is 0 Å². The number of aromatic nitrogens is 7. The molecule has 3 aromatic heterocycles. The van der Waals surface area contributed by atoms with Crippen LogP contribution in [0.25, 0.3) is 17.2 Å². The molecule has 1 aromatic carbocycles. The van der Waals surface area contributed by atoms with E-state index in [4.69, 9.17) is 0 Å². The molecule has 3 heterocycles. The topological polar surface area (TPSA) is 85.2 Å². The van der Waals surface area contributed by atoms with E-state index in [-0.39, 0.29) is 5.92 Å². The molecule has 1 N–H and O–H groups in total. The summed E-state index contributed by atoms with van der Waals surface area (Å²) < 4.78 is 2.03. The highest BCUT2D eigenvalue weighted by atomic mass is 15.2. The Kier molecular flexibility index (Phi) is 4.50. The Hall–Kier alpha value is -3.35. The maximum atomic E-state index is 4.66. The molecule has 0 amide bonds. The summed E-state index contributed by atoms with van der Waals surface area (Å²) in [5, 5.41) is 7.07. The molecule has 0 saturated heterocycles. The van der Waals surface area contributed by atoms with Crippen molar-refractivity contribution in [3.05, 3.63) is 72.0 Å². The van der Waals surface area contributed by atoms with Crippen LogP contribution in [0.5, 0.6) is 0 Å². The van der Waals surface area contributed by atoms with Crippen LogP contribution in [0.1, 0.15) is 42.8 Å². The number of benzene rings is 1. The fourth-order valence-corrected chi connectivity index (χ4v) is 2.90. The first-order valence-corrected chi connectivity index (χ1v) is 8.94. The summed E-state index contributed by atoms with van der Waals surface area (Å²) in [6.45, 7) is 6.07. The first-order valence-electron chi connectivity index (χ1n) is 8.94. The van der Waals surface area contributed by atoms with Crippen LogP contribution in [0.4, 0.5) is 0 Å². The minimum atomic E-state index is 0.270. The zero-order valence-electron chi connectivity index (χ0n) is 15.6. The lowest BCUT2D eigenvalue weighted by molar-refractivity contribution is 0.774. The molecule has 7 heteroatoms. The number of aryl methyl sites for hydroxylation is 1. The lowest BCUT2D eigenvalue weighted by atomic mass is 10.1. The third-order valence-electron chi connectivity index (χ3n) is 4.28. The highest BCUT2D eigenvalue weighted by Crippen LogP contribution is 2.21. The molecular weight excluding hydrogens is 338 g/mol. The standard InChI is InChI=1S/C20H21N7/c1-13(2)19-21-9-8-17(24-19)20-22-10-11-27(20)16-6-4-15(5-7-16)12-18-23-14(3)25-26-18/h4-11,13H,12H2,1-3H3,(H,23,25,26). The van der Waals surface area contributed by atoms with E-state index in [9.17, 15) is 0 Å². The summed E-state index contributed by atoms with van der Waals surface area (Å²) in [6.07, 6.45) is 6.22. The van der Waals surface area contributed by atoms with E-state index in [1.165, 1.54) is 0 Å².